The molecule has 3 heterocycles. The third-order valence-electron chi connectivity index (χ3n) is 4.05. The largest absolute Gasteiger partial charge is 0.416 e. The molecule has 0 aliphatic rings. The van der Waals surface area contributed by atoms with Crippen molar-refractivity contribution >= 4 is 17.0 Å². The van der Waals surface area contributed by atoms with E-state index in [1.165, 1.54) is 29.7 Å². The van der Waals surface area contributed by atoms with Crippen LogP contribution in [0.3, 0.4) is 0 Å². The van der Waals surface area contributed by atoms with E-state index in [0.717, 1.165) is 27.6 Å². The van der Waals surface area contributed by atoms with Gasteiger partial charge in [0.25, 0.3) is 6.43 Å². The Morgan fingerprint density at radius 2 is 1.86 bits per heavy atom. The number of alkyl halides is 5. The predicted octanol–water partition coefficient (Wildman–Crippen LogP) is 5.81. The van der Waals surface area contributed by atoms with Crippen LogP contribution in [0.4, 0.5) is 22.0 Å². The van der Waals surface area contributed by atoms with Crippen LogP contribution in [-0.2, 0) is 6.18 Å². The van der Waals surface area contributed by atoms with E-state index in [9.17, 15) is 22.0 Å². The van der Waals surface area contributed by atoms with E-state index in [1.54, 1.807) is 6.07 Å². The summed E-state index contributed by atoms with van der Waals surface area (Å²) in [4.78, 5) is 5.04. The predicted molar refractivity (Wildman–Crippen MR) is 98.7 cm³/mol. The van der Waals surface area contributed by atoms with Crippen molar-refractivity contribution in [2.45, 2.75) is 12.6 Å². The van der Waals surface area contributed by atoms with Crippen LogP contribution in [0, 0.1) is 11.8 Å². The van der Waals surface area contributed by atoms with E-state index in [0.29, 0.717) is 5.56 Å². The number of rotatable bonds is 2. The highest BCUT2D eigenvalue weighted by Crippen LogP contribution is 2.33. The molecule has 4 aromatic rings. The zero-order valence-electron chi connectivity index (χ0n) is 14.4. The number of hydrogen-bond acceptors (Lipinski definition) is 3. The second kappa shape index (κ2) is 7.29. The van der Waals surface area contributed by atoms with Gasteiger partial charge in [-0.15, -0.1) is 11.3 Å². The minimum Gasteiger partial charge on any atom is -0.227 e. The quantitative estimate of drug-likeness (QED) is 0.303. The van der Waals surface area contributed by atoms with Gasteiger partial charge in [-0.2, -0.15) is 18.3 Å². The Morgan fingerprint density at radius 1 is 1.03 bits per heavy atom. The highest BCUT2D eigenvalue weighted by molar-refractivity contribution is 7.10. The molecule has 4 rings (SSSR count). The van der Waals surface area contributed by atoms with Crippen molar-refractivity contribution in [2.24, 2.45) is 0 Å². The molecule has 0 amide bonds. The molecule has 0 spiro atoms. The van der Waals surface area contributed by atoms with E-state index in [1.807, 2.05) is 11.4 Å². The smallest absolute Gasteiger partial charge is 0.227 e. The molecule has 0 fully saturated rings. The molecular weight excluding hydrogens is 409 g/mol. The van der Waals surface area contributed by atoms with Gasteiger partial charge in [-0.05, 0) is 29.6 Å². The third kappa shape index (κ3) is 3.84. The lowest BCUT2D eigenvalue weighted by molar-refractivity contribution is -0.137. The summed E-state index contributed by atoms with van der Waals surface area (Å²) in [6.45, 7) is 0. The molecule has 146 valence electrons. The van der Waals surface area contributed by atoms with E-state index in [4.69, 9.17) is 0 Å². The molecule has 0 N–H and O–H groups in total. The summed E-state index contributed by atoms with van der Waals surface area (Å²) in [7, 11) is 0. The Balaban J connectivity index is 1.88. The zero-order valence-corrected chi connectivity index (χ0v) is 15.2. The van der Waals surface area contributed by atoms with Crippen molar-refractivity contribution in [3.63, 3.8) is 0 Å². The average molecular weight is 419 g/mol. The first kappa shape index (κ1) is 19.1. The van der Waals surface area contributed by atoms with Crippen LogP contribution < -0.4 is 0 Å². The third-order valence-corrected chi connectivity index (χ3v) is 4.84. The zero-order chi connectivity index (χ0) is 20.6. The van der Waals surface area contributed by atoms with Crippen molar-refractivity contribution in [2.75, 3.05) is 0 Å². The Kier molecular flexibility index (Phi) is 4.80. The Morgan fingerprint density at radius 3 is 2.55 bits per heavy atom. The first-order chi connectivity index (χ1) is 13.8. The summed E-state index contributed by atoms with van der Waals surface area (Å²) in [5.74, 6) is 5.74. The fraction of sp³-hybridized carbons (Fsp3) is 0.100. The Hall–Kier alpha value is -3.25. The number of benzene rings is 1. The maximum Gasteiger partial charge on any atom is 0.416 e. The number of halogens is 5. The second-order valence-corrected chi connectivity index (χ2v) is 6.91. The van der Waals surface area contributed by atoms with Gasteiger partial charge < -0.3 is 0 Å². The van der Waals surface area contributed by atoms with Crippen molar-refractivity contribution in [3.05, 3.63) is 75.7 Å². The topological polar surface area (TPSA) is 30.2 Å². The van der Waals surface area contributed by atoms with Gasteiger partial charge in [-0.25, -0.2) is 18.3 Å². The maximum absolute atomic E-state index is 13.6. The number of fused-ring (bicyclic) bond motifs is 1. The highest BCUT2D eigenvalue weighted by Gasteiger charge is 2.30. The summed E-state index contributed by atoms with van der Waals surface area (Å²) in [6.07, 6.45) is -6.15. The molecule has 3 nitrogen and oxygen atoms in total. The van der Waals surface area contributed by atoms with Crippen LogP contribution in [0.2, 0.25) is 0 Å². The molecular formula is C20H10F5N3S. The van der Waals surface area contributed by atoms with Gasteiger partial charge in [-0.1, -0.05) is 30.0 Å². The summed E-state index contributed by atoms with van der Waals surface area (Å²) < 4.78 is 67.2. The standard InChI is InChI=1S/C20H10F5N3S/c21-18(22)17-10-16(12-3-1-4-14(9-12)20(23,24)25)27-19-13(11-26-28(17)19)6-7-15-5-2-8-29-15/h1-5,8-11,18H. The average Bonchev–Trinajstić information content (AvgIpc) is 3.34. The van der Waals surface area contributed by atoms with Crippen molar-refractivity contribution in [3.8, 4) is 23.1 Å². The summed E-state index contributed by atoms with van der Waals surface area (Å²) in [5.41, 5.74) is -0.956. The monoisotopic (exact) mass is 419 g/mol. The molecule has 0 unspecified atom stereocenters. The summed E-state index contributed by atoms with van der Waals surface area (Å²) in [6, 6.07) is 9.04. The number of hydrogen-bond donors (Lipinski definition) is 0. The SMILES string of the molecule is FC(F)c1cc(-c2cccc(C(F)(F)F)c2)nc2c(C#Cc3cccs3)cnn12. The first-order valence-corrected chi connectivity index (χ1v) is 9.11. The molecule has 0 radical (unpaired) electrons. The van der Waals surface area contributed by atoms with Crippen LogP contribution in [-0.4, -0.2) is 14.6 Å². The molecule has 9 heteroatoms. The Labute approximate surface area is 165 Å². The molecule has 1 aromatic carbocycles. The normalized spacial score (nSPS) is 11.7. The fourth-order valence-electron chi connectivity index (χ4n) is 2.71. The maximum atomic E-state index is 13.6. The molecule has 0 bridgehead atoms. The molecule has 0 saturated heterocycles. The van der Waals surface area contributed by atoms with E-state index in [2.05, 4.69) is 21.9 Å². The van der Waals surface area contributed by atoms with Crippen LogP contribution in [0.25, 0.3) is 16.9 Å². The lowest BCUT2D eigenvalue weighted by Gasteiger charge is -2.10. The van der Waals surface area contributed by atoms with Gasteiger partial charge in [0.1, 0.15) is 5.69 Å². The summed E-state index contributed by atoms with van der Waals surface area (Å²) >= 11 is 1.41. The Bertz CT molecular complexity index is 1230. The lowest BCUT2D eigenvalue weighted by atomic mass is 10.1. The van der Waals surface area contributed by atoms with Crippen LogP contribution in [0.1, 0.15) is 28.1 Å². The van der Waals surface area contributed by atoms with Crippen molar-refractivity contribution in [1.29, 1.82) is 0 Å². The van der Waals surface area contributed by atoms with Crippen molar-refractivity contribution < 1.29 is 22.0 Å². The molecule has 0 saturated carbocycles. The van der Waals surface area contributed by atoms with E-state index >= 15 is 0 Å². The van der Waals surface area contributed by atoms with Gasteiger partial charge in [0.2, 0.25) is 0 Å². The minimum absolute atomic E-state index is 0.0152. The van der Waals surface area contributed by atoms with Crippen molar-refractivity contribution in [1.82, 2.24) is 14.6 Å². The van der Waals surface area contributed by atoms with Gasteiger partial charge in [0.15, 0.2) is 5.65 Å². The molecule has 0 atom stereocenters. The van der Waals surface area contributed by atoms with E-state index in [-0.39, 0.29) is 16.9 Å². The molecule has 0 aliphatic carbocycles. The van der Waals surface area contributed by atoms with Gasteiger partial charge >= 0.3 is 6.18 Å². The minimum atomic E-state index is -4.56. The van der Waals surface area contributed by atoms with Gasteiger partial charge in [0.05, 0.1) is 27.9 Å². The molecule has 29 heavy (non-hydrogen) atoms. The lowest BCUT2D eigenvalue weighted by Crippen LogP contribution is -2.06. The van der Waals surface area contributed by atoms with Gasteiger partial charge in [0, 0.05) is 5.56 Å². The van der Waals surface area contributed by atoms with Gasteiger partial charge in [-0.3, -0.25) is 0 Å². The highest BCUT2D eigenvalue weighted by atomic mass is 32.1. The number of thiophene rings is 1. The molecule has 0 aliphatic heterocycles. The van der Waals surface area contributed by atoms with Crippen LogP contribution in [0.5, 0.6) is 0 Å². The van der Waals surface area contributed by atoms with Crippen LogP contribution >= 0.6 is 11.3 Å². The molecule has 3 aromatic heterocycles. The fourth-order valence-corrected chi connectivity index (χ4v) is 3.28. The summed E-state index contributed by atoms with van der Waals surface area (Å²) in [5, 5.41) is 5.77. The first-order valence-electron chi connectivity index (χ1n) is 8.23. The second-order valence-electron chi connectivity index (χ2n) is 5.97. The van der Waals surface area contributed by atoms with E-state index < -0.39 is 23.9 Å². The number of nitrogens with zero attached hydrogens (tertiary/aromatic N) is 3. The van der Waals surface area contributed by atoms with Crippen LogP contribution in [0.15, 0.2) is 54.0 Å². The number of aromatic nitrogens is 3.